The molecule has 5 nitrogen and oxygen atoms in total. The van der Waals surface area contributed by atoms with Crippen LogP contribution in [0.5, 0.6) is 0 Å². The first kappa shape index (κ1) is 18.0. The van der Waals surface area contributed by atoms with Crippen LogP contribution in [0.2, 0.25) is 0 Å². The van der Waals surface area contributed by atoms with E-state index in [1.54, 1.807) is 12.1 Å². The van der Waals surface area contributed by atoms with Gasteiger partial charge in [-0.15, -0.1) is 23.2 Å². The Hall–Kier alpha value is -0.820. The van der Waals surface area contributed by atoms with Gasteiger partial charge in [0.25, 0.3) is 0 Å². The summed E-state index contributed by atoms with van der Waals surface area (Å²) in [5.74, 6) is -0.295. The van der Waals surface area contributed by atoms with E-state index in [0.717, 1.165) is 12.8 Å². The molecule has 1 aromatic carbocycles. The second-order valence-corrected chi connectivity index (χ2v) is 10.1. The van der Waals surface area contributed by atoms with Crippen molar-refractivity contribution >= 4 is 44.8 Å². The Kier molecular flexibility index (Phi) is 4.86. The maximum Gasteiger partial charge on any atom is 0.243 e. The lowest BCUT2D eigenvalue weighted by Crippen LogP contribution is -2.39. The molecule has 0 radical (unpaired) electrons. The summed E-state index contributed by atoms with van der Waals surface area (Å²) in [5, 5.41) is 2.71. The summed E-state index contributed by atoms with van der Waals surface area (Å²) >= 11 is 11.7. The third-order valence-electron chi connectivity index (χ3n) is 4.52. The molecule has 1 saturated heterocycles. The predicted octanol–water partition coefficient (Wildman–Crippen LogP) is 3.24. The van der Waals surface area contributed by atoms with Gasteiger partial charge < -0.3 is 5.32 Å². The number of anilines is 1. The van der Waals surface area contributed by atoms with E-state index in [1.807, 2.05) is 0 Å². The molecule has 1 heterocycles. The van der Waals surface area contributed by atoms with Crippen molar-refractivity contribution in [2.24, 2.45) is 11.8 Å². The van der Waals surface area contributed by atoms with E-state index in [1.165, 1.54) is 16.4 Å². The van der Waals surface area contributed by atoms with Crippen LogP contribution in [0.1, 0.15) is 26.2 Å². The molecule has 1 aliphatic heterocycles. The number of carbonyl (C=O) groups is 1. The Morgan fingerprint density at radius 2 is 1.92 bits per heavy atom. The lowest BCUT2D eigenvalue weighted by Gasteiger charge is -2.30. The first-order valence-electron chi connectivity index (χ1n) is 7.99. The highest BCUT2D eigenvalue weighted by Gasteiger charge is 2.56. The maximum absolute atomic E-state index is 12.7. The molecule has 1 amide bonds. The smallest absolute Gasteiger partial charge is 0.243 e. The van der Waals surface area contributed by atoms with E-state index < -0.39 is 20.3 Å². The third-order valence-corrected chi connectivity index (χ3v) is 7.24. The predicted molar refractivity (Wildman–Crippen MR) is 94.8 cm³/mol. The normalized spacial score (nSPS) is 26.8. The van der Waals surface area contributed by atoms with E-state index in [9.17, 15) is 13.2 Å². The number of benzene rings is 1. The highest BCUT2D eigenvalue weighted by atomic mass is 35.5. The van der Waals surface area contributed by atoms with Crippen LogP contribution in [-0.2, 0) is 14.8 Å². The summed E-state index contributed by atoms with van der Waals surface area (Å²) in [6, 6.07) is 6.22. The number of alkyl halides is 2. The van der Waals surface area contributed by atoms with Gasteiger partial charge in [-0.2, -0.15) is 4.31 Å². The number of amides is 1. The fraction of sp³-hybridized carbons (Fsp3) is 0.562. The molecule has 2 aliphatic rings. The molecule has 2 atom stereocenters. The van der Waals surface area contributed by atoms with Gasteiger partial charge in [-0.1, -0.05) is 6.92 Å². The van der Waals surface area contributed by atoms with E-state index in [4.69, 9.17) is 23.2 Å². The van der Waals surface area contributed by atoms with Crippen molar-refractivity contribution in [2.75, 3.05) is 18.4 Å². The Morgan fingerprint density at radius 1 is 1.29 bits per heavy atom. The largest absolute Gasteiger partial charge is 0.326 e. The Bertz CT molecular complexity index is 734. The van der Waals surface area contributed by atoms with Gasteiger partial charge in [-0.25, -0.2) is 8.42 Å². The molecule has 1 aliphatic carbocycles. The highest BCUT2D eigenvalue weighted by Crippen LogP contribution is 2.53. The number of piperidine rings is 1. The van der Waals surface area contributed by atoms with Gasteiger partial charge in [-0.3, -0.25) is 4.79 Å². The van der Waals surface area contributed by atoms with E-state index in [0.29, 0.717) is 31.1 Å². The molecular formula is C16H20Cl2N2O3S. The number of halogens is 2. The van der Waals surface area contributed by atoms with Crippen LogP contribution in [0.25, 0.3) is 0 Å². The van der Waals surface area contributed by atoms with Gasteiger partial charge in [0.15, 0.2) is 0 Å². The zero-order chi connectivity index (χ0) is 17.5. The number of nitrogens with one attached hydrogen (secondary N) is 1. The number of carbonyl (C=O) groups excluding carboxylic acids is 1. The lowest BCUT2D eigenvalue weighted by molar-refractivity contribution is -0.117. The maximum atomic E-state index is 12.7. The molecule has 24 heavy (non-hydrogen) atoms. The van der Waals surface area contributed by atoms with Gasteiger partial charge in [-0.05, 0) is 49.4 Å². The molecule has 0 aromatic heterocycles. The average Bonchev–Trinajstić information content (AvgIpc) is 3.17. The molecule has 8 heteroatoms. The van der Waals surface area contributed by atoms with Crippen molar-refractivity contribution in [3.8, 4) is 0 Å². The second-order valence-electron chi connectivity index (χ2n) is 6.64. The zero-order valence-electron chi connectivity index (χ0n) is 13.3. The van der Waals surface area contributed by atoms with Gasteiger partial charge in [0.05, 0.1) is 10.8 Å². The van der Waals surface area contributed by atoms with Crippen molar-refractivity contribution in [3.63, 3.8) is 0 Å². The number of sulfonamides is 1. The number of hydrogen-bond acceptors (Lipinski definition) is 3. The summed E-state index contributed by atoms with van der Waals surface area (Å²) < 4.78 is 25.9. The molecule has 2 fully saturated rings. The van der Waals surface area contributed by atoms with Crippen LogP contribution in [-0.4, -0.2) is 36.1 Å². The minimum Gasteiger partial charge on any atom is -0.326 e. The molecule has 2 unspecified atom stereocenters. The summed E-state index contributed by atoms with van der Waals surface area (Å²) in [5.41, 5.74) is 0.530. The second kappa shape index (κ2) is 6.48. The van der Waals surface area contributed by atoms with Crippen molar-refractivity contribution in [1.29, 1.82) is 0 Å². The number of rotatable bonds is 4. The van der Waals surface area contributed by atoms with E-state index in [-0.39, 0.29) is 10.8 Å². The summed E-state index contributed by atoms with van der Waals surface area (Å²) in [7, 11) is -3.48. The topological polar surface area (TPSA) is 66.5 Å². The summed E-state index contributed by atoms with van der Waals surface area (Å²) in [6.07, 6.45) is 2.37. The van der Waals surface area contributed by atoms with Crippen LogP contribution >= 0.6 is 23.2 Å². The summed E-state index contributed by atoms with van der Waals surface area (Å²) in [6.45, 7) is 3.17. The Balaban J connectivity index is 1.68. The molecule has 0 bridgehead atoms. The first-order chi connectivity index (χ1) is 11.2. The SMILES string of the molecule is CC1CCCN(S(=O)(=O)c2ccc(NC(=O)C3CC3(Cl)Cl)cc2)C1. The van der Waals surface area contributed by atoms with Crippen molar-refractivity contribution in [1.82, 2.24) is 4.31 Å². The summed E-state index contributed by atoms with van der Waals surface area (Å²) in [4.78, 5) is 12.2. The quantitative estimate of drug-likeness (QED) is 0.802. The monoisotopic (exact) mass is 390 g/mol. The average molecular weight is 391 g/mol. The Labute approximate surface area is 152 Å². The molecule has 132 valence electrons. The molecular weight excluding hydrogens is 371 g/mol. The molecule has 1 saturated carbocycles. The van der Waals surface area contributed by atoms with Crippen molar-refractivity contribution in [3.05, 3.63) is 24.3 Å². The van der Waals surface area contributed by atoms with Crippen molar-refractivity contribution in [2.45, 2.75) is 35.4 Å². The molecule has 1 aromatic rings. The molecule has 3 rings (SSSR count). The molecule has 1 N–H and O–H groups in total. The van der Waals surface area contributed by atoms with Gasteiger partial charge in [0.1, 0.15) is 4.33 Å². The minimum absolute atomic E-state index is 0.241. The standard InChI is InChI=1S/C16H20Cl2N2O3S/c1-11-3-2-8-20(10-11)24(22,23)13-6-4-12(5-7-13)19-15(21)14-9-16(14,17)18/h4-7,11,14H,2-3,8-10H2,1H3,(H,19,21). The fourth-order valence-electron chi connectivity index (χ4n) is 2.95. The number of hydrogen-bond donors (Lipinski definition) is 1. The van der Waals surface area contributed by atoms with Crippen LogP contribution in [0, 0.1) is 11.8 Å². The Morgan fingerprint density at radius 3 is 2.46 bits per heavy atom. The minimum atomic E-state index is -3.48. The van der Waals surface area contributed by atoms with Gasteiger partial charge >= 0.3 is 0 Å². The van der Waals surface area contributed by atoms with Crippen LogP contribution < -0.4 is 5.32 Å². The van der Waals surface area contributed by atoms with Crippen LogP contribution in [0.15, 0.2) is 29.2 Å². The number of nitrogens with zero attached hydrogens (tertiary/aromatic N) is 1. The fourth-order valence-corrected chi connectivity index (χ4v) is 5.06. The lowest BCUT2D eigenvalue weighted by atomic mass is 10.0. The van der Waals surface area contributed by atoms with Crippen LogP contribution in [0.4, 0.5) is 5.69 Å². The van der Waals surface area contributed by atoms with E-state index in [2.05, 4.69) is 12.2 Å². The van der Waals surface area contributed by atoms with Crippen molar-refractivity contribution < 1.29 is 13.2 Å². The molecule has 0 spiro atoms. The highest BCUT2D eigenvalue weighted by molar-refractivity contribution is 7.89. The van der Waals surface area contributed by atoms with E-state index >= 15 is 0 Å². The van der Waals surface area contributed by atoms with Crippen LogP contribution in [0.3, 0.4) is 0 Å². The first-order valence-corrected chi connectivity index (χ1v) is 10.2. The van der Waals surface area contributed by atoms with Gasteiger partial charge in [0, 0.05) is 18.8 Å². The third kappa shape index (κ3) is 3.72. The zero-order valence-corrected chi connectivity index (χ0v) is 15.7. The van der Waals surface area contributed by atoms with Gasteiger partial charge in [0.2, 0.25) is 15.9 Å².